The molecule has 0 bridgehead atoms. The van der Waals surface area contributed by atoms with Crippen molar-refractivity contribution in [1.82, 2.24) is 10.2 Å². The van der Waals surface area contributed by atoms with Gasteiger partial charge in [0.2, 0.25) is 0 Å². The largest absolute Gasteiger partial charge is 0.385 e. The van der Waals surface area contributed by atoms with Crippen molar-refractivity contribution in [2.45, 2.75) is 25.7 Å². The Hall–Kier alpha value is -1.81. The average Bonchev–Trinajstić information content (AvgIpc) is 2.62. The molecule has 23 heavy (non-hydrogen) atoms. The van der Waals surface area contributed by atoms with Crippen LogP contribution in [0.4, 0.5) is 0 Å². The van der Waals surface area contributed by atoms with E-state index < -0.39 is 0 Å². The van der Waals surface area contributed by atoms with Crippen molar-refractivity contribution >= 4 is 11.5 Å². The van der Waals surface area contributed by atoms with Crippen LogP contribution in [0, 0.1) is 0 Å². The Balaban J connectivity index is 1.77. The first-order valence-electron chi connectivity index (χ1n) is 8.54. The highest BCUT2D eigenvalue weighted by Crippen LogP contribution is 2.21. The lowest BCUT2D eigenvalue weighted by Crippen LogP contribution is -2.43. The molecule has 126 valence electrons. The van der Waals surface area contributed by atoms with Gasteiger partial charge in [-0.1, -0.05) is 36.4 Å². The van der Waals surface area contributed by atoms with Gasteiger partial charge < -0.3 is 15.0 Å². The summed E-state index contributed by atoms with van der Waals surface area (Å²) in [4.78, 5) is 6.74. The first-order valence-corrected chi connectivity index (χ1v) is 8.54. The number of benzene rings is 1. The van der Waals surface area contributed by atoms with Gasteiger partial charge in [0.05, 0.1) is 0 Å². The maximum atomic E-state index is 5.07. The summed E-state index contributed by atoms with van der Waals surface area (Å²) in [5.41, 5.74) is 2.78. The zero-order chi connectivity index (χ0) is 16.3. The minimum Gasteiger partial charge on any atom is -0.385 e. The minimum atomic E-state index is 0.855. The van der Waals surface area contributed by atoms with Crippen molar-refractivity contribution < 1.29 is 4.74 Å². The summed E-state index contributed by atoms with van der Waals surface area (Å²) in [5.74, 6) is 1.01. The van der Waals surface area contributed by atoms with Crippen LogP contribution >= 0.6 is 0 Å². The van der Waals surface area contributed by atoms with Gasteiger partial charge in [-0.2, -0.15) is 0 Å². The Labute approximate surface area is 140 Å². The number of guanidine groups is 1. The second-order valence-electron chi connectivity index (χ2n) is 5.82. The van der Waals surface area contributed by atoms with Gasteiger partial charge in [-0.15, -0.1) is 0 Å². The van der Waals surface area contributed by atoms with Crippen LogP contribution in [0.5, 0.6) is 0 Å². The molecule has 0 unspecified atom stereocenters. The maximum Gasteiger partial charge on any atom is 0.193 e. The zero-order valence-electron chi connectivity index (χ0n) is 14.4. The predicted octanol–water partition coefficient (Wildman–Crippen LogP) is 3.17. The van der Waals surface area contributed by atoms with Crippen LogP contribution in [0.25, 0.3) is 5.57 Å². The molecule has 1 aromatic rings. The van der Waals surface area contributed by atoms with Gasteiger partial charge in [-0.3, -0.25) is 4.99 Å². The molecule has 0 radical (unpaired) electrons. The molecule has 4 nitrogen and oxygen atoms in total. The average molecular weight is 315 g/mol. The van der Waals surface area contributed by atoms with E-state index in [1.165, 1.54) is 17.6 Å². The number of methoxy groups -OCH3 is 1. The van der Waals surface area contributed by atoms with Crippen LogP contribution in [0.2, 0.25) is 0 Å². The summed E-state index contributed by atoms with van der Waals surface area (Å²) in [5, 5.41) is 3.48. The van der Waals surface area contributed by atoms with Gasteiger partial charge in [0.25, 0.3) is 0 Å². The molecular weight excluding hydrogens is 286 g/mol. The Morgan fingerprint density at radius 3 is 2.70 bits per heavy atom. The molecule has 1 aromatic carbocycles. The fraction of sp³-hybridized carbons (Fsp3) is 0.526. The van der Waals surface area contributed by atoms with E-state index in [4.69, 9.17) is 4.74 Å². The van der Waals surface area contributed by atoms with Crippen LogP contribution in [-0.2, 0) is 4.74 Å². The second-order valence-corrected chi connectivity index (χ2v) is 5.82. The van der Waals surface area contributed by atoms with Crippen molar-refractivity contribution in [2.75, 3.05) is 40.4 Å². The van der Waals surface area contributed by atoms with E-state index in [-0.39, 0.29) is 0 Å². The van der Waals surface area contributed by atoms with Crippen molar-refractivity contribution in [3.63, 3.8) is 0 Å². The lowest BCUT2D eigenvalue weighted by Gasteiger charge is -2.29. The summed E-state index contributed by atoms with van der Waals surface area (Å²) in [7, 11) is 3.62. The highest BCUT2D eigenvalue weighted by Gasteiger charge is 2.15. The summed E-state index contributed by atoms with van der Waals surface area (Å²) in [6.45, 7) is 3.77. The van der Waals surface area contributed by atoms with Crippen molar-refractivity contribution in [3.05, 3.63) is 42.0 Å². The Morgan fingerprint density at radius 1 is 1.22 bits per heavy atom. The number of aliphatic imine (C=N–C) groups is 1. The molecule has 0 fully saturated rings. The SMILES string of the molecule is CN=C(NCCCCCOC)N1CC=C(c2ccccc2)CC1. The third kappa shape index (κ3) is 5.71. The standard InChI is InChI=1S/C19H29N3O/c1-20-19(21-13-7-4-8-16-23-2)22-14-11-18(12-15-22)17-9-5-3-6-10-17/h3,5-6,9-11H,4,7-8,12-16H2,1-2H3,(H,20,21). The second kappa shape index (κ2) is 10.1. The minimum absolute atomic E-state index is 0.855. The highest BCUT2D eigenvalue weighted by molar-refractivity contribution is 5.81. The van der Waals surface area contributed by atoms with E-state index in [1.54, 1.807) is 7.11 Å². The van der Waals surface area contributed by atoms with E-state index in [0.29, 0.717) is 0 Å². The number of hydrogen-bond acceptors (Lipinski definition) is 2. The quantitative estimate of drug-likeness (QED) is 0.477. The van der Waals surface area contributed by atoms with Crippen LogP contribution in [0.1, 0.15) is 31.2 Å². The van der Waals surface area contributed by atoms with Crippen molar-refractivity contribution in [2.24, 2.45) is 4.99 Å². The molecule has 0 amide bonds. The number of rotatable bonds is 7. The molecule has 0 saturated carbocycles. The van der Waals surface area contributed by atoms with Crippen LogP contribution in [0.3, 0.4) is 0 Å². The zero-order valence-corrected chi connectivity index (χ0v) is 14.4. The maximum absolute atomic E-state index is 5.07. The number of ether oxygens (including phenoxy) is 1. The van der Waals surface area contributed by atoms with Crippen molar-refractivity contribution in [1.29, 1.82) is 0 Å². The number of unbranched alkanes of at least 4 members (excludes halogenated alkanes) is 2. The topological polar surface area (TPSA) is 36.9 Å². The van der Waals surface area contributed by atoms with Crippen LogP contribution in [-0.4, -0.2) is 51.3 Å². The van der Waals surface area contributed by atoms with E-state index in [0.717, 1.165) is 51.5 Å². The summed E-state index contributed by atoms with van der Waals surface area (Å²) >= 11 is 0. The molecule has 0 saturated heterocycles. The van der Waals surface area contributed by atoms with Crippen LogP contribution < -0.4 is 5.32 Å². The molecular formula is C19H29N3O. The van der Waals surface area contributed by atoms with Crippen LogP contribution in [0.15, 0.2) is 41.4 Å². The first-order chi connectivity index (χ1) is 11.3. The number of nitrogens with one attached hydrogen (secondary N) is 1. The molecule has 0 aromatic heterocycles. The van der Waals surface area contributed by atoms with Gasteiger partial charge >= 0.3 is 0 Å². The summed E-state index contributed by atoms with van der Waals surface area (Å²) in [6, 6.07) is 10.7. The van der Waals surface area contributed by atoms with Gasteiger partial charge in [0.1, 0.15) is 0 Å². The fourth-order valence-electron chi connectivity index (χ4n) is 2.86. The van der Waals surface area contributed by atoms with Gasteiger partial charge in [0, 0.05) is 40.4 Å². The molecule has 1 aliphatic rings. The predicted molar refractivity (Wildman–Crippen MR) is 97.7 cm³/mol. The fourth-order valence-corrected chi connectivity index (χ4v) is 2.86. The highest BCUT2D eigenvalue weighted by atomic mass is 16.5. The normalized spacial score (nSPS) is 15.5. The van der Waals surface area contributed by atoms with E-state index in [1.807, 2.05) is 7.05 Å². The molecule has 1 aliphatic heterocycles. The van der Waals surface area contributed by atoms with E-state index in [2.05, 4.69) is 51.6 Å². The molecule has 4 heteroatoms. The Morgan fingerprint density at radius 2 is 2.04 bits per heavy atom. The molecule has 0 atom stereocenters. The molecule has 1 N–H and O–H groups in total. The van der Waals surface area contributed by atoms with Gasteiger partial charge in [0.15, 0.2) is 5.96 Å². The lowest BCUT2D eigenvalue weighted by atomic mass is 10.00. The third-order valence-electron chi connectivity index (χ3n) is 4.17. The third-order valence-corrected chi connectivity index (χ3v) is 4.17. The van der Waals surface area contributed by atoms with Gasteiger partial charge in [-0.05, 0) is 36.8 Å². The van der Waals surface area contributed by atoms with Crippen molar-refractivity contribution in [3.8, 4) is 0 Å². The summed E-state index contributed by atoms with van der Waals surface area (Å²) < 4.78 is 5.07. The molecule has 1 heterocycles. The monoisotopic (exact) mass is 315 g/mol. The Bertz CT molecular complexity index is 511. The first kappa shape index (κ1) is 17.5. The number of hydrogen-bond donors (Lipinski definition) is 1. The van der Waals surface area contributed by atoms with E-state index >= 15 is 0 Å². The van der Waals surface area contributed by atoms with E-state index in [9.17, 15) is 0 Å². The molecule has 0 aliphatic carbocycles. The lowest BCUT2D eigenvalue weighted by molar-refractivity contribution is 0.192. The number of nitrogens with zero attached hydrogens (tertiary/aromatic N) is 2. The summed E-state index contributed by atoms with van der Waals surface area (Å²) in [6.07, 6.45) is 6.86. The smallest absolute Gasteiger partial charge is 0.193 e. The van der Waals surface area contributed by atoms with Gasteiger partial charge in [-0.25, -0.2) is 0 Å². The molecule has 0 spiro atoms. The Kier molecular flexibility index (Phi) is 7.67. The molecule has 2 rings (SSSR count).